The molecule has 0 aromatic carbocycles. The Hall–Kier alpha value is -0.260. The predicted molar refractivity (Wildman–Crippen MR) is 58.5 cm³/mol. The molecule has 4 N–H and O–H groups in total. The molecule has 0 radical (unpaired) electrons. The number of carboxylic acids is 1. The third-order valence-electron chi connectivity index (χ3n) is 1.89. The van der Waals surface area contributed by atoms with Gasteiger partial charge in [-0.1, -0.05) is 13.3 Å². The Bertz CT molecular complexity index is 160. The van der Waals surface area contributed by atoms with Crippen LogP contribution in [0.5, 0.6) is 0 Å². The van der Waals surface area contributed by atoms with Gasteiger partial charge < -0.3 is 15.9 Å². The molecule has 0 aliphatic rings. The topological polar surface area (TPSA) is 83.5 Å². The number of aliphatic carboxylic acids is 1. The Morgan fingerprint density at radius 2 is 2.14 bits per heavy atom. The summed E-state index contributed by atoms with van der Waals surface area (Å²) in [5, 5.41) is 17.7. The van der Waals surface area contributed by atoms with Gasteiger partial charge in [-0.25, -0.2) is 0 Å². The van der Waals surface area contributed by atoms with E-state index in [4.69, 9.17) is 15.9 Å². The molecule has 0 aromatic heterocycles. The van der Waals surface area contributed by atoms with E-state index in [1.165, 1.54) is 0 Å². The van der Waals surface area contributed by atoms with E-state index >= 15 is 0 Å². The van der Waals surface area contributed by atoms with Crippen LogP contribution >= 0.6 is 11.8 Å². The molecule has 84 valence electrons. The molecule has 0 saturated heterocycles. The molecular formula is C9H19NO3S. The highest BCUT2D eigenvalue weighted by atomic mass is 32.2. The maximum atomic E-state index is 10.4. The van der Waals surface area contributed by atoms with Gasteiger partial charge in [-0.15, -0.1) is 0 Å². The number of aliphatic hydroxyl groups is 1. The van der Waals surface area contributed by atoms with Gasteiger partial charge in [0, 0.05) is 17.6 Å². The summed E-state index contributed by atoms with van der Waals surface area (Å²) in [6.07, 6.45) is 2.75. The lowest BCUT2D eigenvalue weighted by Crippen LogP contribution is -2.33. The number of rotatable bonds is 8. The largest absolute Gasteiger partial charge is 0.480 e. The molecule has 0 aliphatic carbocycles. The standard InChI is InChI=1S/C9H19NO3S/c1-2-3-7(4-5-11)14-6-8(10)9(12)13/h7-8,11H,2-6,10H2,1H3,(H,12,13)/t7?,8-/m1/s1. The van der Waals surface area contributed by atoms with Gasteiger partial charge in [0.2, 0.25) is 0 Å². The van der Waals surface area contributed by atoms with Gasteiger partial charge in [0.05, 0.1) is 0 Å². The van der Waals surface area contributed by atoms with Crippen molar-refractivity contribution in [2.75, 3.05) is 12.4 Å². The summed E-state index contributed by atoms with van der Waals surface area (Å²) >= 11 is 1.54. The average molecular weight is 221 g/mol. The van der Waals surface area contributed by atoms with Crippen LogP contribution in [0.15, 0.2) is 0 Å². The van der Waals surface area contributed by atoms with Crippen LogP contribution in [-0.2, 0) is 4.79 Å². The molecule has 0 heterocycles. The van der Waals surface area contributed by atoms with Crippen molar-refractivity contribution in [3.05, 3.63) is 0 Å². The fraction of sp³-hybridized carbons (Fsp3) is 0.889. The smallest absolute Gasteiger partial charge is 0.321 e. The van der Waals surface area contributed by atoms with Crippen LogP contribution in [-0.4, -0.2) is 39.8 Å². The summed E-state index contributed by atoms with van der Waals surface area (Å²) in [6, 6.07) is -0.793. The summed E-state index contributed by atoms with van der Waals surface area (Å²) in [7, 11) is 0. The molecule has 0 amide bonds. The minimum atomic E-state index is -0.961. The zero-order valence-electron chi connectivity index (χ0n) is 8.48. The average Bonchev–Trinajstić information content (AvgIpc) is 2.14. The van der Waals surface area contributed by atoms with Crippen LogP contribution in [0.4, 0.5) is 0 Å². The summed E-state index contributed by atoms with van der Waals surface area (Å²) in [5.74, 6) is -0.545. The Kier molecular flexibility index (Phi) is 7.93. The zero-order chi connectivity index (χ0) is 11.0. The lowest BCUT2D eigenvalue weighted by molar-refractivity contribution is -0.137. The van der Waals surface area contributed by atoms with Crippen molar-refractivity contribution in [3.8, 4) is 0 Å². The van der Waals surface area contributed by atoms with Crippen molar-refractivity contribution in [2.45, 2.75) is 37.5 Å². The number of hydrogen-bond donors (Lipinski definition) is 3. The molecule has 0 fully saturated rings. The number of aliphatic hydroxyl groups excluding tert-OH is 1. The highest BCUT2D eigenvalue weighted by Crippen LogP contribution is 2.20. The molecule has 0 aliphatic heterocycles. The molecule has 0 rings (SSSR count). The molecule has 0 aromatic rings. The van der Waals surface area contributed by atoms with Crippen molar-refractivity contribution >= 4 is 17.7 Å². The zero-order valence-corrected chi connectivity index (χ0v) is 9.30. The van der Waals surface area contributed by atoms with Gasteiger partial charge in [-0.3, -0.25) is 4.79 Å². The van der Waals surface area contributed by atoms with Crippen molar-refractivity contribution < 1.29 is 15.0 Å². The quantitative estimate of drug-likeness (QED) is 0.561. The van der Waals surface area contributed by atoms with Gasteiger partial charge >= 0.3 is 5.97 Å². The first-order valence-corrected chi connectivity index (χ1v) is 5.87. The lowest BCUT2D eigenvalue weighted by Gasteiger charge is -2.15. The van der Waals surface area contributed by atoms with E-state index in [0.29, 0.717) is 17.4 Å². The Labute approximate surface area is 88.9 Å². The highest BCUT2D eigenvalue weighted by Gasteiger charge is 2.15. The molecular weight excluding hydrogens is 202 g/mol. The van der Waals surface area contributed by atoms with Crippen molar-refractivity contribution in [1.29, 1.82) is 0 Å². The van der Waals surface area contributed by atoms with Gasteiger partial charge in [-0.05, 0) is 12.8 Å². The third kappa shape index (κ3) is 6.23. The summed E-state index contributed by atoms with van der Waals surface area (Å²) < 4.78 is 0. The SMILES string of the molecule is CCCC(CCO)SC[C@@H](N)C(=O)O. The van der Waals surface area contributed by atoms with Crippen molar-refractivity contribution in [1.82, 2.24) is 0 Å². The number of carbonyl (C=O) groups is 1. The fourth-order valence-corrected chi connectivity index (χ4v) is 2.38. The molecule has 0 bridgehead atoms. The maximum Gasteiger partial charge on any atom is 0.321 e. The summed E-state index contributed by atoms with van der Waals surface area (Å²) in [5.41, 5.74) is 5.37. The van der Waals surface area contributed by atoms with E-state index in [2.05, 4.69) is 6.92 Å². The minimum Gasteiger partial charge on any atom is -0.480 e. The number of nitrogens with two attached hydrogens (primary N) is 1. The fourth-order valence-electron chi connectivity index (χ4n) is 1.09. The van der Waals surface area contributed by atoms with Crippen molar-refractivity contribution in [2.24, 2.45) is 5.73 Å². The summed E-state index contributed by atoms with van der Waals surface area (Å²) in [4.78, 5) is 10.4. The summed E-state index contributed by atoms with van der Waals surface area (Å²) in [6.45, 7) is 2.22. The molecule has 1 unspecified atom stereocenters. The Morgan fingerprint density at radius 1 is 1.50 bits per heavy atom. The Morgan fingerprint density at radius 3 is 2.57 bits per heavy atom. The van der Waals surface area contributed by atoms with Gasteiger partial charge in [0.1, 0.15) is 6.04 Å². The van der Waals surface area contributed by atoms with Crippen LogP contribution in [0, 0.1) is 0 Å². The van der Waals surface area contributed by atoms with Crippen LogP contribution in [0.3, 0.4) is 0 Å². The normalized spacial score (nSPS) is 15.1. The van der Waals surface area contributed by atoms with E-state index in [-0.39, 0.29) is 6.61 Å². The number of thioether (sulfide) groups is 1. The van der Waals surface area contributed by atoms with E-state index in [1.807, 2.05) is 0 Å². The Balaban J connectivity index is 3.74. The second kappa shape index (κ2) is 8.08. The monoisotopic (exact) mass is 221 g/mol. The van der Waals surface area contributed by atoms with E-state index in [1.54, 1.807) is 11.8 Å². The van der Waals surface area contributed by atoms with Gasteiger partial charge in [0.15, 0.2) is 0 Å². The third-order valence-corrected chi connectivity index (χ3v) is 3.38. The van der Waals surface area contributed by atoms with E-state index < -0.39 is 12.0 Å². The van der Waals surface area contributed by atoms with Crippen LogP contribution in [0.1, 0.15) is 26.2 Å². The molecule has 0 spiro atoms. The van der Waals surface area contributed by atoms with Gasteiger partial charge in [-0.2, -0.15) is 11.8 Å². The second-order valence-electron chi connectivity index (χ2n) is 3.20. The number of hydrogen-bond acceptors (Lipinski definition) is 4. The molecule has 4 nitrogen and oxygen atoms in total. The maximum absolute atomic E-state index is 10.4. The van der Waals surface area contributed by atoms with Crippen molar-refractivity contribution in [3.63, 3.8) is 0 Å². The first-order chi connectivity index (χ1) is 6.61. The molecule has 5 heteroatoms. The molecule has 2 atom stereocenters. The lowest BCUT2D eigenvalue weighted by atomic mass is 10.2. The first-order valence-electron chi connectivity index (χ1n) is 4.82. The predicted octanol–water partition coefficient (Wildman–Crippen LogP) is 0.683. The van der Waals surface area contributed by atoms with E-state index in [9.17, 15) is 4.79 Å². The number of carboxylic acid groups (broad SMARTS) is 1. The minimum absolute atomic E-state index is 0.153. The van der Waals surface area contributed by atoms with Gasteiger partial charge in [0.25, 0.3) is 0 Å². The second-order valence-corrected chi connectivity index (χ2v) is 4.53. The first kappa shape index (κ1) is 13.7. The highest BCUT2D eigenvalue weighted by molar-refractivity contribution is 7.99. The molecule has 14 heavy (non-hydrogen) atoms. The van der Waals surface area contributed by atoms with Crippen LogP contribution in [0.2, 0.25) is 0 Å². The molecule has 0 saturated carbocycles. The van der Waals surface area contributed by atoms with Crippen LogP contribution in [0.25, 0.3) is 0 Å². The van der Waals surface area contributed by atoms with E-state index in [0.717, 1.165) is 12.8 Å². The van der Waals surface area contributed by atoms with Crippen LogP contribution < -0.4 is 5.73 Å².